The van der Waals surface area contributed by atoms with Crippen LogP contribution in [0.5, 0.6) is 0 Å². The molecule has 7 nitrogen and oxygen atoms in total. The van der Waals surface area contributed by atoms with Crippen molar-refractivity contribution < 1.29 is 9.72 Å². The second-order valence-corrected chi connectivity index (χ2v) is 7.19. The van der Waals surface area contributed by atoms with Gasteiger partial charge in [-0.3, -0.25) is 14.9 Å². The number of rotatable bonds is 5. The molecule has 0 atom stereocenters. The number of aryl methyl sites for hydroxylation is 2. The van der Waals surface area contributed by atoms with Crippen LogP contribution in [-0.4, -0.2) is 20.2 Å². The first-order valence-electron chi connectivity index (χ1n) is 9.49. The smallest absolute Gasteiger partial charge is 0.269 e. The highest BCUT2D eigenvalue weighted by molar-refractivity contribution is 5.94. The van der Waals surface area contributed by atoms with Crippen molar-refractivity contribution in [2.75, 3.05) is 0 Å². The van der Waals surface area contributed by atoms with Gasteiger partial charge in [0.05, 0.1) is 22.9 Å². The lowest BCUT2D eigenvalue weighted by molar-refractivity contribution is -0.384. The molecule has 0 unspecified atom stereocenters. The van der Waals surface area contributed by atoms with Gasteiger partial charge in [-0.2, -0.15) is 0 Å². The van der Waals surface area contributed by atoms with Crippen molar-refractivity contribution in [2.24, 2.45) is 0 Å². The van der Waals surface area contributed by atoms with Gasteiger partial charge in [0.1, 0.15) is 5.65 Å². The van der Waals surface area contributed by atoms with Gasteiger partial charge in [0.2, 0.25) is 0 Å². The zero-order valence-corrected chi connectivity index (χ0v) is 16.6. The van der Waals surface area contributed by atoms with Crippen LogP contribution in [0, 0.1) is 24.0 Å². The highest BCUT2D eigenvalue weighted by atomic mass is 16.6. The molecule has 0 saturated carbocycles. The van der Waals surface area contributed by atoms with Crippen LogP contribution in [0.2, 0.25) is 0 Å². The maximum atomic E-state index is 12.6. The second kappa shape index (κ2) is 7.79. The number of fused-ring (bicyclic) bond motifs is 1. The Bertz CT molecular complexity index is 1240. The molecule has 0 aliphatic rings. The number of nitro groups is 1. The van der Waals surface area contributed by atoms with Crippen molar-refractivity contribution in [1.29, 1.82) is 0 Å². The van der Waals surface area contributed by atoms with Crippen molar-refractivity contribution >= 4 is 17.2 Å². The van der Waals surface area contributed by atoms with E-state index in [1.165, 1.54) is 24.3 Å². The van der Waals surface area contributed by atoms with Gasteiger partial charge < -0.3 is 9.72 Å². The highest BCUT2D eigenvalue weighted by Gasteiger charge is 2.16. The number of aromatic nitrogens is 2. The number of pyridine rings is 1. The number of amides is 1. The molecule has 0 radical (unpaired) electrons. The van der Waals surface area contributed by atoms with E-state index in [4.69, 9.17) is 4.98 Å². The van der Waals surface area contributed by atoms with E-state index in [0.29, 0.717) is 5.56 Å². The molecule has 30 heavy (non-hydrogen) atoms. The van der Waals surface area contributed by atoms with Crippen molar-refractivity contribution in [3.63, 3.8) is 0 Å². The molecule has 7 heteroatoms. The third kappa shape index (κ3) is 3.77. The number of imidazole rings is 1. The largest absolute Gasteiger partial charge is 0.346 e. The summed E-state index contributed by atoms with van der Waals surface area (Å²) in [6.45, 7) is 4.30. The number of nitrogens with one attached hydrogen (secondary N) is 1. The van der Waals surface area contributed by atoms with Crippen LogP contribution < -0.4 is 5.32 Å². The Morgan fingerprint density at radius 1 is 1.00 bits per heavy atom. The first kappa shape index (κ1) is 19.3. The normalized spacial score (nSPS) is 10.9. The standard InChI is InChI=1S/C23H20N4O3/c1-15-3-6-17(7-4-15)22-20(26-14-16(2)5-12-21(26)25-22)13-24-23(28)18-8-10-19(11-9-18)27(29)30/h3-12,14H,13H2,1-2H3,(H,24,28). The predicted molar refractivity (Wildman–Crippen MR) is 114 cm³/mol. The molecular formula is C23H20N4O3. The molecule has 0 bridgehead atoms. The molecule has 4 aromatic rings. The van der Waals surface area contributed by atoms with E-state index in [0.717, 1.165) is 33.7 Å². The van der Waals surface area contributed by atoms with E-state index >= 15 is 0 Å². The van der Waals surface area contributed by atoms with E-state index < -0.39 is 4.92 Å². The third-order valence-electron chi connectivity index (χ3n) is 4.95. The van der Waals surface area contributed by atoms with Crippen molar-refractivity contribution in [1.82, 2.24) is 14.7 Å². The van der Waals surface area contributed by atoms with E-state index in [2.05, 4.69) is 5.32 Å². The molecule has 1 N–H and O–H groups in total. The summed E-state index contributed by atoms with van der Waals surface area (Å²) in [7, 11) is 0. The lowest BCUT2D eigenvalue weighted by atomic mass is 10.1. The first-order valence-corrected chi connectivity index (χ1v) is 9.49. The Hall–Kier alpha value is -4.00. The summed E-state index contributed by atoms with van der Waals surface area (Å²) >= 11 is 0. The van der Waals surface area contributed by atoms with Crippen molar-refractivity contribution in [2.45, 2.75) is 20.4 Å². The van der Waals surface area contributed by atoms with Crippen LogP contribution >= 0.6 is 0 Å². The van der Waals surface area contributed by atoms with E-state index in [1.54, 1.807) is 0 Å². The topological polar surface area (TPSA) is 89.5 Å². The summed E-state index contributed by atoms with van der Waals surface area (Å²) in [6.07, 6.45) is 1.99. The van der Waals surface area contributed by atoms with Crippen LogP contribution in [0.1, 0.15) is 27.2 Å². The minimum atomic E-state index is -0.490. The van der Waals surface area contributed by atoms with Crippen LogP contribution in [0.3, 0.4) is 0 Å². The minimum absolute atomic E-state index is 0.0505. The third-order valence-corrected chi connectivity index (χ3v) is 4.95. The maximum Gasteiger partial charge on any atom is 0.269 e. The van der Waals surface area contributed by atoms with Gasteiger partial charge in [-0.15, -0.1) is 0 Å². The number of non-ortho nitro benzene ring substituents is 1. The van der Waals surface area contributed by atoms with Gasteiger partial charge in [-0.1, -0.05) is 35.9 Å². The summed E-state index contributed by atoms with van der Waals surface area (Å²) in [6, 6.07) is 17.6. The van der Waals surface area contributed by atoms with Crippen molar-refractivity contribution in [3.8, 4) is 11.3 Å². The van der Waals surface area contributed by atoms with Gasteiger partial charge in [0.25, 0.3) is 11.6 Å². The second-order valence-electron chi connectivity index (χ2n) is 7.19. The van der Waals surface area contributed by atoms with Gasteiger partial charge in [0.15, 0.2) is 0 Å². The fourth-order valence-electron chi connectivity index (χ4n) is 3.31. The van der Waals surface area contributed by atoms with Gasteiger partial charge in [-0.05, 0) is 37.6 Å². The molecule has 2 aromatic carbocycles. The average molecular weight is 400 g/mol. The van der Waals surface area contributed by atoms with Crippen LogP contribution in [0.4, 0.5) is 5.69 Å². The number of hydrogen-bond donors (Lipinski definition) is 1. The van der Waals surface area contributed by atoms with E-state index in [-0.39, 0.29) is 18.1 Å². The molecule has 4 rings (SSSR count). The molecule has 1 amide bonds. The predicted octanol–water partition coefficient (Wildman–Crippen LogP) is 4.46. The molecule has 0 spiro atoms. The van der Waals surface area contributed by atoms with Gasteiger partial charge in [-0.25, -0.2) is 4.98 Å². The monoisotopic (exact) mass is 400 g/mol. The molecule has 2 heterocycles. The van der Waals surface area contributed by atoms with E-state index in [9.17, 15) is 14.9 Å². The van der Waals surface area contributed by atoms with Gasteiger partial charge >= 0.3 is 0 Å². The highest BCUT2D eigenvalue weighted by Crippen LogP contribution is 2.25. The molecule has 0 saturated heterocycles. The average Bonchev–Trinajstić information content (AvgIpc) is 3.10. The molecule has 0 aliphatic heterocycles. The lowest BCUT2D eigenvalue weighted by Gasteiger charge is -2.09. The molecule has 0 aliphatic carbocycles. The Kier molecular flexibility index (Phi) is 5.02. The summed E-state index contributed by atoms with van der Waals surface area (Å²) in [5.74, 6) is -0.303. The zero-order chi connectivity index (χ0) is 21.3. The number of carbonyl (C=O) groups is 1. The minimum Gasteiger partial charge on any atom is -0.346 e. The van der Waals surface area contributed by atoms with Crippen LogP contribution in [0.15, 0.2) is 66.9 Å². The number of carbonyl (C=O) groups excluding carboxylic acids is 1. The van der Waals surface area contributed by atoms with E-state index in [1.807, 2.05) is 60.8 Å². The van der Waals surface area contributed by atoms with Crippen molar-refractivity contribution in [3.05, 3.63) is 99.4 Å². The summed E-state index contributed by atoms with van der Waals surface area (Å²) in [5, 5.41) is 13.7. The number of hydrogen-bond acceptors (Lipinski definition) is 4. The SMILES string of the molecule is Cc1ccc(-c2nc3ccc(C)cn3c2CNC(=O)c2ccc([N+](=O)[O-])cc2)cc1. The Balaban J connectivity index is 1.66. The summed E-state index contributed by atoms with van der Waals surface area (Å²) < 4.78 is 1.99. The number of benzene rings is 2. The fourth-order valence-corrected chi connectivity index (χ4v) is 3.31. The lowest BCUT2D eigenvalue weighted by Crippen LogP contribution is -2.23. The number of nitrogens with zero attached hydrogens (tertiary/aromatic N) is 3. The molecule has 2 aromatic heterocycles. The summed E-state index contributed by atoms with van der Waals surface area (Å²) in [4.78, 5) is 27.7. The molecule has 0 fully saturated rings. The first-order chi connectivity index (χ1) is 14.4. The Morgan fingerprint density at radius 3 is 2.33 bits per heavy atom. The molecular weight excluding hydrogens is 380 g/mol. The Labute approximate surface area is 173 Å². The molecule has 150 valence electrons. The quantitative estimate of drug-likeness (QED) is 0.396. The van der Waals surface area contributed by atoms with Crippen LogP contribution in [-0.2, 0) is 6.54 Å². The number of nitro benzene ring substituents is 1. The van der Waals surface area contributed by atoms with Gasteiger partial charge in [0, 0.05) is 29.5 Å². The van der Waals surface area contributed by atoms with Crippen LogP contribution in [0.25, 0.3) is 16.9 Å². The fraction of sp³-hybridized carbons (Fsp3) is 0.130. The zero-order valence-electron chi connectivity index (χ0n) is 16.6. The summed E-state index contributed by atoms with van der Waals surface area (Å²) in [5.41, 5.74) is 6.01. The Morgan fingerprint density at radius 2 is 1.67 bits per heavy atom. The maximum absolute atomic E-state index is 12.6.